The lowest BCUT2D eigenvalue weighted by atomic mass is 9.69. The van der Waals surface area contributed by atoms with Crippen molar-refractivity contribution in [3.05, 3.63) is 167 Å². The minimum absolute atomic E-state index is 0.156. The van der Waals surface area contributed by atoms with Gasteiger partial charge in [0, 0.05) is 22.3 Å². The standard InChI is InChI=1S/C44H33N3/c1-44(2)37-23-13-11-21-32(37)42-40(44)36-25-34-30-19-9-7-17-28(30)29-18-8-10-20-31(29)35(34)26-39(36)47(42)43-45-38-24-14-12-22-33(38)41(46-43)27-15-5-3-4-6-16-27/h3-5,7-24,26,34H,6,25H2,1-2H3. The molecule has 6 aromatic rings. The molecule has 0 aliphatic heterocycles. The largest absolute Gasteiger partial charge is 0.278 e. The molecule has 4 aliphatic rings. The van der Waals surface area contributed by atoms with Crippen LogP contribution < -0.4 is 0 Å². The second-order valence-electron chi connectivity index (χ2n) is 13.7. The third-order valence-electron chi connectivity index (χ3n) is 10.8. The van der Waals surface area contributed by atoms with E-state index in [0.717, 1.165) is 41.0 Å². The predicted molar refractivity (Wildman–Crippen MR) is 193 cm³/mol. The number of nitrogens with zero attached hydrogens (tertiary/aromatic N) is 3. The smallest absolute Gasteiger partial charge is 0.235 e. The van der Waals surface area contributed by atoms with Crippen molar-refractivity contribution in [2.24, 2.45) is 0 Å². The van der Waals surface area contributed by atoms with Crippen LogP contribution in [0, 0.1) is 0 Å². The van der Waals surface area contributed by atoms with Crippen molar-refractivity contribution >= 4 is 28.1 Å². The summed E-state index contributed by atoms with van der Waals surface area (Å²) in [5.41, 5.74) is 17.6. The summed E-state index contributed by atoms with van der Waals surface area (Å²) in [5.74, 6) is 1.02. The van der Waals surface area contributed by atoms with E-state index < -0.39 is 0 Å². The molecule has 47 heavy (non-hydrogen) atoms. The average Bonchev–Trinajstić information content (AvgIpc) is 3.39. The molecule has 3 heteroatoms. The molecule has 0 N–H and O–H groups in total. The fourth-order valence-electron chi connectivity index (χ4n) is 8.76. The molecule has 0 saturated carbocycles. The van der Waals surface area contributed by atoms with Crippen LogP contribution in [0.1, 0.15) is 65.4 Å². The van der Waals surface area contributed by atoms with Gasteiger partial charge in [0.15, 0.2) is 0 Å². The third kappa shape index (κ3) is 3.68. The quantitative estimate of drug-likeness (QED) is 0.197. The number of para-hydroxylation sites is 1. The molecule has 1 unspecified atom stereocenters. The molecule has 1 atom stereocenters. The molecule has 0 fully saturated rings. The molecule has 0 amide bonds. The van der Waals surface area contributed by atoms with Crippen LogP contribution in [0.2, 0.25) is 0 Å². The molecule has 224 valence electrons. The van der Waals surface area contributed by atoms with E-state index in [9.17, 15) is 0 Å². The first-order valence-electron chi connectivity index (χ1n) is 16.7. The monoisotopic (exact) mass is 603 g/mol. The van der Waals surface area contributed by atoms with Gasteiger partial charge in [-0.1, -0.05) is 135 Å². The fourth-order valence-corrected chi connectivity index (χ4v) is 8.76. The Morgan fingerprint density at radius 2 is 1.49 bits per heavy atom. The van der Waals surface area contributed by atoms with Crippen molar-refractivity contribution in [2.75, 3.05) is 0 Å². The van der Waals surface area contributed by atoms with E-state index in [2.05, 4.69) is 152 Å². The maximum atomic E-state index is 5.47. The maximum Gasteiger partial charge on any atom is 0.235 e. The summed E-state index contributed by atoms with van der Waals surface area (Å²) < 4.78 is 2.40. The predicted octanol–water partition coefficient (Wildman–Crippen LogP) is 10.5. The second kappa shape index (κ2) is 9.73. The van der Waals surface area contributed by atoms with Gasteiger partial charge >= 0.3 is 0 Å². The molecule has 0 spiro atoms. The van der Waals surface area contributed by atoms with Crippen molar-refractivity contribution in [1.29, 1.82) is 0 Å². The van der Waals surface area contributed by atoms with Gasteiger partial charge in [0.2, 0.25) is 5.95 Å². The first kappa shape index (κ1) is 26.7. The van der Waals surface area contributed by atoms with E-state index in [0.29, 0.717) is 0 Å². The molecule has 2 aromatic heterocycles. The van der Waals surface area contributed by atoms with Crippen LogP contribution in [0.5, 0.6) is 0 Å². The van der Waals surface area contributed by atoms with E-state index in [1.165, 1.54) is 61.5 Å². The van der Waals surface area contributed by atoms with Crippen molar-refractivity contribution in [3.63, 3.8) is 0 Å². The molecular formula is C44H33N3. The van der Waals surface area contributed by atoms with E-state index in [1.54, 1.807) is 0 Å². The van der Waals surface area contributed by atoms with Crippen LogP contribution in [0.15, 0.2) is 127 Å². The lowest BCUT2D eigenvalue weighted by molar-refractivity contribution is 0.648. The van der Waals surface area contributed by atoms with Crippen molar-refractivity contribution in [2.45, 2.75) is 38.0 Å². The maximum absolute atomic E-state index is 5.47. The zero-order chi connectivity index (χ0) is 31.3. The summed E-state index contributed by atoms with van der Waals surface area (Å²) >= 11 is 0. The van der Waals surface area contributed by atoms with Crippen LogP contribution in [0.25, 0.3) is 56.5 Å². The van der Waals surface area contributed by atoms with Gasteiger partial charge in [-0.3, -0.25) is 4.57 Å². The lowest BCUT2D eigenvalue weighted by Crippen LogP contribution is -2.21. The van der Waals surface area contributed by atoms with Crippen LogP contribution >= 0.6 is 0 Å². The molecule has 0 saturated heterocycles. The fraction of sp³-hybridized carbons (Fsp3) is 0.136. The summed E-state index contributed by atoms with van der Waals surface area (Å²) in [6, 6.07) is 35.3. The number of allylic oxidation sites excluding steroid dienone is 7. The molecule has 3 nitrogen and oxygen atoms in total. The van der Waals surface area contributed by atoms with Gasteiger partial charge < -0.3 is 0 Å². The number of rotatable bonds is 2. The van der Waals surface area contributed by atoms with Crippen molar-refractivity contribution < 1.29 is 0 Å². The van der Waals surface area contributed by atoms with Gasteiger partial charge in [-0.25, -0.2) is 9.97 Å². The van der Waals surface area contributed by atoms with Gasteiger partial charge in [0.05, 0.1) is 22.6 Å². The summed E-state index contributed by atoms with van der Waals surface area (Å²) in [6.45, 7) is 4.79. The van der Waals surface area contributed by atoms with Crippen molar-refractivity contribution in [3.8, 4) is 28.3 Å². The van der Waals surface area contributed by atoms with Gasteiger partial charge in [0.1, 0.15) is 0 Å². The molecule has 0 bridgehead atoms. The zero-order valence-corrected chi connectivity index (χ0v) is 26.5. The molecule has 0 radical (unpaired) electrons. The van der Waals surface area contributed by atoms with Crippen LogP contribution in [0.3, 0.4) is 0 Å². The number of benzene rings is 4. The van der Waals surface area contributed by atoms with E-state index in [1.807, 2.05) is 0 Å². The highest BCUT2D eigenvalue weighted by molar-refractivity contribution is 6.00. The number of aromatic nitrogens is 3. The number of fused-ring (bicyclic) bond motifs is 12. The molecule has 4 aromatic carbocycles. The molecule has 10 rings (SSSR count). The topological polar surface area (TPSA) is 30.7 Å². The first-order chi connectivity index (χ1) is 23.1. The Bertz CT molecular complexity index is 2440. The van der Waals surface area contributed by atoms with Crippen LogP contribution in [0.4, 0.5) is 0 Å². The van der Waals surface area contributed by atoms with E-state index in [-0.39, 0.29) is 11.3 Å². The van der Waals surface area contributed by atoms with Gasteiger partial charge in [0.25, 0.3) is 0 Å². The van der Waals surface area contributed by atoms with E-state index in [4.69, 9.17) is 9.97 Å². The number of hydrogen-bond acceptors (Lipinski definition) is 2. The Hall–Kier alpha value is -5.54. The van der Waals surface area contributed by atoms with Gasteiger partial charge in [-0.15, -0.1) is 0 Å². The average molecular weight is 604 g/mol. The molecular weight excluding hydrogens is 571 g/mol. The highest BCUT2D eigenvalue weighted by atomic mass is 15.2. The first-order valence-corrected chi connectivity index (χ1v) is 16.7. The summed E-state index contributed by atoms with van der Waals surface area (Å²) in [6.07, 6.45) is 15.2. The lowest BCUT2D eigenvalue weighted by Gasteiger charge is -2.35. The second-order valence-corrected chi connectivity index (χ2v) is 13.7. The Morgan fingerprint density at radius 1 is 0.745 bits per heavy atom. The Balaban J connectivity index is 1.31. The summed E-state index contributed by atoms with van der Waals surface area (Å²) in [7, 11) is 0. The SMILES string of the molecule is CC1(C)c2ccccc2-c2c1c1c(n2-c2nc(C3=CCC=CC=C3)c3ccccc3n2)C=C2c3ccccc3-c3ccccc3C2C1. The van der Waals surface area contributed by atoms with Gasteiger partial charge in [-0.05, 0) is 75.1 Å². The minimum atomic E-state index is -0.156. The number of hydrogen-bond donors (Lipinski definition) is 0. The van der Waals surface area contributed by atoms with Crippen LogP contribution in [-0.2, 0) is 11.8 Å². The highest BCUT2D eigenvalue weighted by Gasteiger charge is 2.45. The molecule has 4 aliphatic carbocycles. The Kier molecular flexibility index (Phi) is 5.52. The zero-order valence-electron chi connectivity index (χ0n) is 26.5. The molecule has 2 heterocycles. The normalized spacial score (nSPS) is 17.9. The Morgan fingerprint density at radius 3 is 2.38 bits per heavy atom. The van der Waals surface area contributed by atoms with Gasteiger partial charge in [-0.2, -0.15) is 0 Å². The van der Waals surface area contributed by atoms with E-state index >= 15 is 0 Å². The summed E-state index contributed by atoms with van der Waals surface area (Å²) in [4.78, 5) is 10.8. The van der Waals surface area contributed by atoms with Crippen LogP contribution in [-0.4, -0.2) is 14.5 Å². The minimum Gasteiger partial charge on any atom is -0.278 e. The summed E-state index contributed by atoms with van der Waals surface area (Å²) in [5, 5.41) is 1.07. The highest BCUT2D eigenvalue weighted by Crippen LogP contribution is 2.58. The third-order valence-corrected chi connectivity index (χ3v) is 10.8. The van der Waals surface area contributed by atoms with Crippen molar-refractivity contribution in [1.82, 2.24) is 14.5 Å². The Labute approximate surface area is 275 Å².